The highest BCUT2D eigenvalue weighted by Gasteiger charge is 2.32. The summed E-state index contributed by atoms with van der Waals surface area (Å²) in [6.45, 7) is 6.99. The molecule has 0 N–H and O–H groups in total. The van der Waals surface area contributed by atoms with E-state index in [1.165, 1.54) is 0 Å². The van der Waals surface area contributed by atoms with Crippen molar-refractivity contribution in [2.75, 3.05) is 6.61 Å². The van der Waals surface area contributed by atoms with E-state index < -0.39 is 0 Å². The first kappa shape index (κ1) is 10.5. The predicted molar refractivity (Wildman–Crippen MR) is 52.5 cm³/mol. The first-order valence-electron chi connectivity index (χ1n) is 4.86. The number of hydrogen-bond donors (Lipinski definition) is 0. The summed E-state index contributed by atoms with van der Waals surface area (Å²) < 4.78 is 5.62. The molecule has 1 aliphatic carbocycles. The minimum Gasteiger partial charge on any atom is -0.378 e. The molecule has 0 saturated carbocycles. The van der Waals surface area contributed by atoms with Gasteiger partial charge in [0, 0.05) is 17.9 Å². The number of carbonyl (C=O) groups is 1. The van der Waals surface area contributed by atoms with Gasteiger partial charge in [-0.15, -0.1) is 0 Å². The van der Waals surface area contributed by atoms with Gasteiger partial charge in [0.05, 0.1) is 6.10 Å². The lowest BCUT2D eigenvalue weighted by molar-refractivity contribution is -0.112. The Balaban J connectivity index is 2.71. The van der Waals surface area contributed by atoms with Crippen LogP contribution in [0, 0.1) is 11.3 Å². The van der Waals surface area contributed by atoms with Crippen molar-refractivity contribution in [3.63, 3.8) is 0 Å². The number of carbonyl (C=O) groups excluding carboxylic acids is 1. The van der Waals surface area contributed by atoms with Gasteiger partial charge in [-0.25, -0.2) is 0 Å². The number of ether oxygens (including phenoxy) is 1. The van der Waals surface area contributed by atoms with Crippen LogP contribution >= 0.6 is 0 Å². The third-order valence-electron chi connectivity index (χ3n) is 2.63. The Morgan fingerprint density at radius 1 is 1.62 bits per heavy atom. The Bertz CT molecular complexity index is 206. The lowest BCUT2D eigenvalue weighted by atomic mass is 9.76. The van der Waals surface area contributed by atoms with Gasteiger partial charge in [0.2, 0.25) is 0 Å². The maximum Gasteiger partial charge on any atom is 0.126 e. The third kappa shape index (κ3) is 2.41. The van der Waals surface area contributed by atoms with Crippen LogP contribution in [0.1, 0.15) is 27.2 Å². The number of allylic oxidation sites excluding steroid dienone is 1. The zero-order valence-electron chi connectivity index (χ0n) is 8.62. The largest absolute Gasteiger partial charge is 0.378 e. The van der Waals surface area contributed by atoms with Gasteiger partial charge >= 0.3 is 0 Å². The van der Waals surface area contributed by atoms with Crippen molar-refractivity contribution in [2.45, 2.75) is 33.3 Å². The van der Waals surface area contributed by atoms with Crippen LogP contribution in [-0.4, -0.2) is 19.0 Å². The molecule has 0 amide bonds. The van der Waals surface area contributed by atoms with Crippen molar-refractivity contribution < 1.29 is 9.53 Å². The highest BCUT2D eigenvalue weighted by Crippen LogP contribution is 2.34. The van der Waals surface area contributed by atoms with Crippen molar-refractivity contribution in [1.29, 1.82) is 0 Å². The molecule has 0 spiro atoms. The Hall–Kier alpha value is -0.630. The fourth-order valence-corrected chi connectivity index (χ4v) is 1.69. The quantitative estimate of drug-likeness (QED) is 0.494. The van der Waals surface area contributed by atoms with Gasteiger partial charge in [-0.05, 0) is 13.3 Å². The molecule has 0 fully saturated rings. The Labute approximate surface area is 80.0 Å². The molecule has 2 heteroatoms. The molecule has 1 rings (SSSR count). The van der Waals surface area contributed by atoms with Gasteiger partial charge in [0.25, 0.3) is 0 Å². The molecule has 0 saturated heterocycles. The van der Waals surface area contributed by atoms with E-state index in [0.29, 0.717) is 6.61 Å². The molecule has 2 atom stereocenters. The van der Waals surface area contributed by atoms with E-state index in [1.54, 1.807) is 0 Å². The zero-order valence-corrected chi connectivity index (χ0v) is 8.62. The van der Waals surface area contributed by atoms with E-state index >= 15 is 0 Å². The van der Waals surface area contributed by atoms with E-state index in [2.05, 4.69) is 19.9 Å². The molecular weight excluding hydrogens is 164 g/mol. The maximum atomic E-state index is 10.6. The molecule has 2 nitrogen and oxygen atoms in total. The summed E-state index contributed by atoms with van der Waals surface area (Å²) in [6, 6.07) is 0. The van der Waals surface area contributed by atoms with E-state index in [-0.39, 0.29) is 17.4 Å². The highest BCUT2D eigenvalue weighted by atomic mass is 16.5. The summed E-state index contributed by atoms with van der Waals surface area (Å²) in [5.41, 5.74) is 0.0650. The summed E-state index contributed by atoms with van der Waals surface area (Å²) in [6.07, 6.45) is 6.08. The van der Waals surface area contributed by atoms with Crippen LogP contribution < -0.4 is 0 Å². The molecule has 0 aromatic heterocycles. The Kier molecular flexibility index (Phi) is 3.26. The van der Waals surface area contributed by atoms with Crippen LogP contribution in [0.2, 0.25) is 0 Å². The number of hydrogen-bond acceptors (Lipinski definition) is 2. The molecule has 0 aliphatic heterocycles. The molecule has 13 heavy (non-hydrogen) atoms. The third-order valence-corrected chi connectivity index (χ3v) is 2.63. The topological polar surface area (TPSA) is 26.3 Å². The van der Waals surface area contributed by atoms with Crippen molar-refractivity contribution in [3.8, 4) is 0 Å². The molecular formula is C11H18O2. The molecule has 0 bridgehead atoms. The molecule has 0 aromatic rings. The highest BCUT2D eigenvalue weighted by molar-refractivity contribution is 5.57. The fraction of sp³-hybridized carbons (Fsp3) is 0.727. The molecule has 74 valence electrons. The second kappa shape index (κ2) is 4.05. The number of aldehydes is 1. The van der Waals surface area contributed by atoms with E-state index in [0.717, 1.165) is 12.7 Å². The Morgan fingerprint density at radius 2 is 2.31 bits per heavy atom. The molecule has 0 radical (unpaired) electrons. The van der Waals surface area contributed by atoms with Crippen LogP contribution in [0.15, 0.2) is 12.2 Å². The Morgan fingerprint density at radius 3 is 2.85 bits per heavy atom. The molecule has 1 aliphatic rings. The fourth-order valence-electron chi connectivity index (χ4n) is 1.69. The van der Waals surface area contributed by atoms with Crippen molar-refractivity contribution in [2.24, 2.45) is 11.3 Å². The van der Waals surface area contributed by atoms with E-state index in [4.69, 9.17) is 4.74 Å². The average Bonchev–Trinajstić information content (AvgIpc) is 2.09. The second-order valence-corrected chi connectivity index (χ2v) is 4.16. The first-order chi connectivity index (χ1) is 6.10. The van der Waals surface area contributed by atoms with Gasteiger partial charge in [0.1, 0.15) is 6.29 Å². The first-order valence-corrected chi connectivity index (χ1v) is 4.86. The SMILES string of the molecule is CCOC1CC(C=O)C=CC1(C)C. The summed E-state index contributed by atoms with van der Waals surface area (Å²) in [4.78, 5) is 10.6. The lowest BCUT2D eigenvalue weighted by Crippen LogP contribution is -2.35. The van der Waals surface area contributed by atoms with Crippen molar-refractivity contribution >= 4 is 6.29 Å². The minimum absolute atomic E-state index is 0.0459. The molecule has 0 heterocycles. The maximum absolute atomic E-state index is 10.6. The van der Waals surface area contributed by atoms with Gasteiger partial charge in [-0.3, -0.25) is 0 Å². The summed E-state index contributed by atoms with van der Waals surface area (Å²) in [5, 5.41) is 0. The summed E-state index contributed by atoms with van der Waals surface area (Å²) in [5.74, 6) is 0.0459. The van der Waals surface area contributed by atoms with Crippen molar-refractivity contribution in [1.82, 2.24) is 0 Å². The standard InChI is InChI=1S/C11H18O2/c1-4-13-10-7-9(8-12)5-6-11(10,2)3/h5-6,8-10H,4,7H2,1-3H3. The van der Waals surface area contributed by atoms with Crippen LogP contribution in [0.3, 0.4) is 0 Å². The molecule has 0 aromatic carbocycles. The predicted octanol–water partition coefficient (Wildman–Crippen LogP) is 2.19. The second-order valence-electron chi connectivity index (χ2n) is 4.16. The average molecular weight is 182 g/mol. The monoisotopic (exact) mass is 182 g/mol. The van der Waals surface area contributed by atoms with Crippen LogP contribution in [0.4, 0.5) is 0 Å². The van der Waals surface area contributed by atoms with E-state index in [9.17, 15) is 4.79 Å². The lowest BCUT2D eigenvalue weighted by Gasteiger charge is -2.36. The summed E-state index contributed by atoms with van der Waals surface area (Å²) >= 11 is 0. The van der Waals surface area contributed by atoms with Crippen molar-refractivity contribution in [3.05, 3.63) is 12.2 Å². The summed E-state index contributed by atoms with van der Waals surface area (Å²) in [7, 11) is 0. The van der Waals surface area contributed by atoms with Crippen LogP contribution in [0.25, 0.3) is 0 Å². The van der Waals surface area contributed by atoms with Gasteiger partial charge < -0.3 is 9.53 Å². The normalized spacial score (nSPS) is 31.6. The van der Waals surface area contributed by atoms with E-state index in [1.807, 2.05) is 13.0 Å². The minimum atomic E-state index is 0.0459. The smallest absolute Gasteiger partial charge is 0.126 e. The van der Waals surface area contributed by atoms with Crippen LogP contribution in [0.5, 0.6) is 0 Å². The van der Waals surface area contributed by atoms with Crippen LogP contribution in [-0.2, 0) is 9.53 Å². The van der Waals surface area contributed by atoms with Gasteiger partial charge in [0.15, 0.2) is 0 Å². The van der Waals surface area contributed by atoms with Gasteiger partial charge in [-0.2, -0.15) is 0 Å². The number of rotatable bonds is 3. The zero-order chi connectivity index (χ0) is 9.90. The van der Waals surface area contributed by atoms with Gasteiger partial charge in [-0.1, -0.05) is 26.0 Å². The molecule has 2 unspecified atom stereocenters.